The Kier molecular flexibility index (Phi) is 7.57. The molecule has 2 saturated heterocycles. The topological polar surface area (TPSA) is 145 Å². The molecule has 250 valence electrons. The van der Waals surface area contributed by atoms with Gasteiger partial charge < -0.3 is 24.6 Å². The zero-order chi connectivity index (χ0) is 33.2. The zero-order valence-electron chi connectivity index (χ0n) is 27.6. The molecule has 4 aromatic rings. The van der Waals surface area contributed by atoms with E-state index in [0.29, 0.717) is 59.3 Å². The van der Waals surface area contributed by atoms with Crippen molar-refractivity contribution in [3.8, 4) is 11.3 Å². The van der Waals surface area contributed by atoms with Gasteiger partial charge in [-0.3, -0.25) is 19.4 Å². The number of rotatable bonds is 7. The second-order valence-electron chi connectivity index (χ2n) is 14.2. The number of aliphatic hydroxyl groups excluding tert-OH is 1. The number of anilines is 4. The number of amides is 1. The standard InChI is InChI=1S/C35H41N9O4/c1-21-17-41(24-19-48-20-24)8-9-42(21)23-4-5-31(37-16-23)38-28-13-27(39-40-33(28)46)25-6-7-36-32(26(25)18-45)44-11-10-43-29(34(44)47)12-22-14-35(2,3)15-30(22)43/h4-7,12-13,16,21,24,45H,8-11,14-15,17-20H2,1-3H3,(H,40,46)(H,37,38,39)/t21-/m0/s1. The molecule has 13 nitrogen and oxygen atoms in total. The minimum absolute atomic E-state index is 0.136. The summed E-state index contributed by atoms with van der Waals surface area (Å²) < 4.78 is 7.53. The summed E-state index contributed by atoms with van der Waals surface area (Å²) >= 11 is 0. The average Bonchev–Trinajstić information content (AvgIpc) is 3.54. The molecule has 8 rings (SSSR count). The molecular weight excluding hydrogens is 610 g/mol. The highest BCUT2D eigenvalue weighted by Crippen LogP contribution is 2.40. The summed E-state index contributed by atoms with van der Waals surface area (Å²) in [5.41, 5.74) is 5.70. The number of nitrogens with one attached hydrogen (secondary N) is 2. The second-order valence-corrected chi connectivity index (χ2v) is 14.2. The maximum atomic E-state index is 13.8. The Morgan fingerprint density at radius 1 is 1.06 bits per heavy atom. The number of carbonyl (C=O) groups excluding carboxylic acids is 1. The molecule has 0 unspecified atom stereocenters. The number of ether oxygens (including phenoxy) is 1. The number of hydrogen-bond donors (Lipinski definition) is 3. The minimum atomic E-state index is -0.405. The highest BCUT2D eigenvalue weighted by atomic mass is 16.5. The third kappa shape index (κ3) is 5.35. The van der Waals surface area contributed by atoms with Crippen molar-refractivity contribution in [2.24, 2.45) is 5.41 Å². The first kappa shape index (κ1) is 30.7. The fourth-order valence-electron chi connectivity index (χ4n) is 7.76. The molecule has 3 N–H and O–H groups in total. The van der Waals surface area contributed by atoms with Crippen LogP contribution < -0.4 is 20.7 Å². The lowest BCUT2D eigenvalue weighted by Gasteiger charge is -2.46. The van der Waals surface area contributed by atoms with Crippen LogP contribution in [0.4, 0.5) is 23.0 Å². The molecule has 48 heavy (non-hydrogen) atoms. The third-order valence-electron chi connectivity index (χ3n) is 10.3. The number of aliphatic hydroxyl groups is 1. The van der Waals surface area contributed by atoms with Crippen molar-refractivity contribution in [3.05, 3.63) is 75.6 Å². The normalized spacial score (nSPS) is 20.8. The van der Waals surface area contributed by atoms with Crippen molar-refractivity contribution in [2.45, 2.75) is 58.8 Å². The van der Waals surface area contributed by atoms with Gasteiger partial charge in [0, 0.05) is 61.8 Å². The number of piperazine rings is 1. The fraction of sp³-hybridized carbons (Fsp3) is 0.457. The van der Waals surface area contributed by atoms with Gasteiger partial charge in [0.15, 0.2) is 0 Å². The second kappa shape index (κ2) is 11.8. The monoisotopic (exact) mass is 651 g/mol. The number of aromatic amines is 1. The quantitative estimate of drug-likeness (QED) is 0.273. The van der Waals surface area contributed by atoms with Crippen LogP contribution in [-0.4, -0.2) is 92.1 Å². The number of aromatic nitrogens is 5. The van der Waals surface area contributed by atoms with Crippen LogP contribution in [0.2, 0.25) is 0 Å². The lowest BCUT2D eigenvalue weighted by atomic mass is 9.90. The fourth-order valence-corrected chi connectivity index (χ4v) is 7.76. The van der Waals surface area contributed by atoms with Crippen LogP contribution in [-0.2, 0) is 30.7 Å². The van der Waals surface area contributed by atoms with Crippen molar-refractivity contribution < 1.29 is 14.6 Å². The lowest BCUT2D eigenvalue weighted by Crippen LogP contribution is -2.59. The van der Waals surface area contributed by atoms with Crippen LogP contribution >= 0.6 is 0 Å². The minimum Gasteiger partial charge on any atom is -0.392 e. The van der Waals surface area contributed by atoms with Gasteiger partial charge in [-0.25, -0.2) is 15.1 Å². The van der Waals surface area contributed by atoms with Crippen LogP contribution in [0.3, 0.4) is 0 Å². The van der Waals surface area contributed by atoms with Gasteiger partial charge in [0.05, 0.1) is 43.4 Å². The number of pyridine rings is 2. The molecule has 7 heterocycles. The van der Waals surface area contributed by atoms with Crippen LogP contribution in [0.25, 0.3) is 11.3 Å². The molecule has 0 saturated carbocycles. The van der Waals surface area contributed by atoms with E-state index in [-0.39, 0.29) is 23.6 Å². The molecule has 2 fully saturated rings. The van der Waals surface area contributed by atoms with Gasteiger partial charge in [-0.05, 0) is 61.1 Å². The van der Waals surface area contributed by atoms with Gasteiger partial charge in [-0.2, -0.15) is 5.10 Å². The van der Waals surface area contributed by atoms with E-state index in [9.17, 15) is 14.7 Å². The molecular formula is C35H41N9O4. The van der Waals surface area contributed by atoms with E-state index < -0.39 is 5.56 Å². The Morgan fingerprint density at radius 3 is 2.65 bits per heavy atom. The molecule has 0 spiro atoms. The molecule has 4 aromatic heterocycles. The largest absolute Gasteiger partial charge is 0.392 e. The lowest BCUT2D eigenvalue weighted by molar-refractivity contribution is -0.0691. The maximum Gasteiger partial charge on any atom is 0.287 e. The summed E-state index contributed by atoms with van der Waals surface area (Å²) in [6, 6.07) is 10.2. The third-order valence-corrected chi connectivity index (χ3v) is 10.3. The molecule has 3 aliphatic heterocycles. The van der Waals surface area contributed by atoms with Crippen molar-refractivity contribution >= 4 is 28.9 Å². The maximum absolute atomic E-state index is 13.8. The van der Waals surface area contributed by atoms with Crippen LogP contribution in [0, 0.1) is 5.41 Å². The molecule has 1 aliphatic carbocycles. The number of fused-ring (bicyclic) bond motifs is 3. The first-order valence-electron chi connectivity index (χ1n) is 16.7. The predicted molar refractivity (Wildman–Crippen MR) is 182 cm³/mol. The number of hydrogen-bond acceptors (Lipinski definition) is 10. The summed E-state index contributed by atoms with van der Waals surface area (Å²) in [7, 11) is 0. The Morgan fingerprint density at radius 2 is 1.92 bits per heavy atom. The summed E-state index contributed by atoms with van der Waals surface area (Å²) in [5.74, 6) is 0.779. The van der Waals surface area contributed by atoms with E-state index >= 15 is 0 Å². The Balaban J connectivity index is 1.01. The van der Waals surface area contributed by atoms with Crippen LogP contribution in [0.5, 0.6) is 0 Å². The van der Waals surface area contributed by atoms with Gasteiger partial charge in [0.25, 0.3) is 11.5 Å². The molecule has 0 radical (unpaired) electrons. The Labute approximate surface area is 278 Å². The van der Waals surface area contributed by atoms with Gasteiger partial charge in [0.2, 0.25) is 0 Å². The first-order chi connectivity index (χ1) is 23.2. The first-order valence-corrected chi connectivity index (χ1v) is 16.7. The van der Waals surface area contributed by atoms with Crippen LogP contribution in [0.15, 0.2) is 47.5 Å². The summed E-state index contributed by atoms with van der Waals surface area (Å²) in [4.78, 5) is 42.3. The molecule has 13 heteroatoms. The van der Waals surface area contributed by atoms with E-state index in [4.69, 9.17) is 4.74 Å². The van der Waals surface area contributed by atoms with Crippen molar-refractivity contribution in [3.63, 3.8) is 0 Å². The average molecular weight is 652 g/mol. The highest BCUT2D eigenvalue weighted by molar-refractivity contribution is 6.06. The van der Waals surface area contributed by atoms with E-state index in [2.05, 4.69) is 60.6 Å². The molecule has 4 aliphatic rings. The molecule has 1 atom stereocenters. The van der Waals surface area contributed by atoms with Gasteiger partial charge in [0.1, 0.15) is 23.0 Å². The Hall–Kier alpha value is -4.59. The number of H-pyrrole nitrogens is 1. The van der Waals surface area contributed by atoms with E-state index in [0.717, 1.165) is 51.4 Å². The molecule has 0 bridgehead atoms. The number of carbonyl (C=O) groups is 1. The van der Waals surface area contributed by atoms with E-state index in [1.54, 1.807) is 23.2 Å². The van der Waals surface area contributed by atoms with Gasteiger partial charge >= 0.3 is 0 Å². The summed E-state index contributed by atoms with van der Waals surface area (Å²) in [6.07, 6.45) is 5.34. The van der Waals surface area contributed by atoms with E-state index in [1.807, 2.05) is 24.4 Å². The van der Waals surface area contributed by atoms with Gasteiger partial charge in [-0.15, -0.1) is 0 Å². The smallest absolute Gasteiger partial charge is 0.287 e. The van der Waals surface area contributed by atoms with E-state index in [1.165, 1.54) is 11.3 Å². The Bertz CT molecular complexity index is 1930. The predicted octanol–water partition coefficient (Wildman–Crippen LogP) is 2.96. The zero-order valence-corrected chi connectivity index (χ0v) is 27.6. The van der Waals surface area contributed by atoms with Crippen molar-refractivity contribution in [1.29, 1.82) is 0 Å². The molecule has 0 aromatic carbocycles. The number of nitrogens with zero attached hydrogens (tertiary/aromatic N) is 7. The van der Waals surface area contributed by atoms with Gasteiger partial charge in [-0.1, -0.05) is 13.8 Å². The summed E-state index contributed by atoms with van der Waals surface area (Å²) in [5, 5.41) is 20.6. The van der Waals surface area contributed by atoms with Crippen molar-refractivity contribution in [1.82, 2.24) is 29.6 Å². The van der Waals surface area contributed by atoms with Crippen LogP contribution in [0.1, 0.15) is 48.1 Å². The highest BCUT2D eigenvalue weighted by Gasteiger charge is 2.38. The van der Waals surface area contributed by atoms with Crippen molar-refractivity contribution in [2.75, 3.05) is 54.5 Å². The SMILES string of the molecule is C[C@H]1CN(C2COC2)CCN1c1ccc(Nc2cc(-c3ccnc(N4CCn5c(cc6c5CC(C)(C)C6)C4=O)c3CO)n[nH]c2=O)nc1. The summed E-state index contributed by atoms with van der Waals surface area (Å²) in [6.45, 7) is 12.0. The molecule has 1 amide bonds.